The second-order valence-electron chi connectivity index (χ2n) is 6.29. The summed E-state index contributed by atoms with van der Waals surface area (Å²) in [7, 11) is 3.03. The number of ether oxygens (including phenoxy) is 3. The molecule has 2 rings (SSSR count). The molecule has 0 aliphatic carbocycles. The Morgan fingerprint density at radius 3 is 2.62 bits per heavy atom. The fourth-order valence-corrected chi connectivity index (χ4v) is 3.06. The van der Waals surface area contributed by atoms with Crippen LogP contribution in [0.2, 0.25) is 0 Å². The molecule has 2 aromatic carbocycles. The molecule has 0 saturated heterocycles. The summed E-state index contributed by atoms with van der Waals surface area (Å²) >= 11 is 3.36. The van der Waals surface area contributed by atoms with Gasteiger partial charge in [-0.2, -0.15) is 0 Å². The number of likely N-dealkylation sites (N-methyl/N-ethyl adjacent to an activating group) is 1. The molecule has 8 heteroatoms. The van der Waals surface area contributed by atoms with Gasteiger partial charge in [0.05, 0.1) is 23.8 Å². The molecule has 0 spiro atoms. The lowest BCUT2D eigenvalue weighted by Crippen LogP contribution is -2.30. The Kier molecular flexibility index (Phi) is 8.45. The van der Waals surface area contributed by atoms with Crippen molar-refractivity contribution in [3.8, 4) is 11.5 Å². The maximum absolute atomic E-state index is 13.3. The minimum atomic E-state index is -0.668. The molecule has 1 amide bonds. The molecule has 0 bridgehead atoms. The first-order chi connectivity index (χ1) is 13.8. The Hall–Kier alpha value is -2.61. The number of halogens is 2. The Balaban J connectivity index is 1.99. The summed E-state index contributed by atoms with van der Waals surface area (Å²) < 4.78 is 29.8. The van der Waals surface area contributed by atoms with Crippen molar-refractivity contribution in [3.05, 3.63) is 57.8 Å². The molecule has 0 radical (unpaired) electrons. The van der Waals surface area contributed by atoms with Crippen molar-refractivity contribution in [2.45, 2.75) is 19.9 Å². The summed E-state index contributed by atoms with van der Waals surface area (Å²) in [5.74, 6) is -0.568. The summed E-state index contributed by atoms with van der Waals surface area (Å²) in [4.78, 5) is 26.0. The van der Waals surface area contributed by atoms with Gasteiger partial charge in [-0.15, -0.1) is 0 Å². The number of carbonyl (C=O) groups is 2. The number of carbonyl (C=O) groups excluding carboxylic acids is 2. The van der Waals surface area contributed by atoms with Crippen LogP contribution >= 0.6 is 15.9 Å². The predicted octanol–water partition coefficient (Wildman–Crippen LogP) is 4.20. The van der Waals surface area contributed by atoms with E-state index in [1.165, 1.54) is 30.2 Å². The average Bonchev–Trinajstić information content (AvgIpc) is 2.70. The first kappa shape index (κ1) is 22.7. The van der Waals surface area contributed by atoms with E-state index in [1.807, 2.05) is 6.92 Å². The Morgan fingerprint density at radius 1 is 1.21 bits per heavy atom. The fourth-order valence-electron chi connectivity index (χ4n) is 2.50. The first-order valence-corrected chi connectivity index (χ1v) is 9.80. The molecule has 0 aromatic heterocycles. The molecule has 0 fully saturated rings. The number of benzene rings is 2. The smallest absolute Gasteiger partial charge is 0.338 e. The zero-order valence-corrected chi connectivity index (χ0v) is 18.1. The quantitative estimate of drug-likeness (QED) is 0.517. The maximum atomic E-state index is 13.3. The van der Waals surface area contributed by atoms with E-state index in [4.69, 9.17) is 14.2 Å². The third-order valence-electron chi connectivity index (χ3n) is 3.98. The van der Waals surface area contributed by atoms with Crippen molar-refractivity contribution in [2.24, 2.45) is 0 Å². The van der Waals surface area contributed by atoms with Crippen LogP contribution in [0.3, 0.4) is 0 Å². The molecule has 0 atom stereocenters. The van der Waals surface area contributed by atoms with Gasteiger partial charge in [0.15, 0.2) is 18.1 Å². The molecular weight excluding hydrogens is 445 g/mol. The molecule has 29 heavy (non-hydrogen) atoms. The van der Waals surface area contributed by atoms with Crippen LogP contribution in [-0.4, -0.2) is 44.1 Å². The largest absolute Gasteiger partial charge is 0.493 e. The van der Waals surface area contributed by atoms with Gasteiger partial charge in [0.1, 0.15) is 5.82 Å². The average molecular weight is 468 g/mol. The van der Waals surface area contributed by atoms with Crippen LogP contribution in [0.5, 0.6) is 11.5 Å². The van der Waals surface area contributed by atoms with Gasteiger partial charge in [0, 0.05) is 13.6 Å². The van der Waals surface area contributed by atoms with Crippen molar-refractivity contribution in [1.82, 2.24) is 4.90 Å². The Morgan fingerprint density at radius 2 is 1.97 bits per heavy atom. The van der Waals surface area contributed by atoms with Gasteiger partial charge in [-0.3, -0.25) is 4.79 Å². The number of hydrogen-bond donors (Lipinski definition) is 0. The van der Waals surface area contributed by atoms with Crippen LogP contribution in [0.1, 0.15) is 29.3 Å². The molecule has 0 unspecified atom stereocenters. The van der Waals surface area contributed by atoms with Gasteiger partial charge < -0.3 is 19.1 Å². The predicted molar refractivity (Wildman–Crippen MR) is 110 cm³/mol. The number of nitrogens with zero attached hydrogens (tertiary/aromatic N) is 1. The highest BCUT2D eigenvalue weighted by Crippen LogP contribution is 2.37. The zero-order valence-electron chi connectivity index (χ0n) is 16.5. The number of amides is 1. The van der Waals surface area contributed by atoms with Gasteiger partial charge in [-0.05, 0) is 52.2 Å². The van der Waals surface area contributed by atoms with Crippen molar-refractivity contribution >= 4 is 27.8 Å². The van der Waals surface area contributed by atoms with Gasteiger partial charge in [0.25, 0.3) is 5.91 Å². The molecule has 0 heterocycles. The normalized spacial score (nSPS) is 10.4. The SMILES string of the molecule is CCCOc1c(Br)cc(C(=O)OCC(=O)N(C)Cc2cccc(F)c2)cc1OC. The fraction of sp³-hybridized carbons (Fsp3) is 0.333. The van der Waals surface area contributed by atoms with E-state index < -0.39 is 18.5 Å². The monoisotopic (exact) mass is 467 g/mol. The molecule has 6 nitrogen and oxygen atoms in total. The molecule has 0 saturated carbocycles. The van der Waals surface area contributed by atoms with Crippen LogP contribution in [-0.2, 0) is 16.1 Å². The van der Waals surface area contributed by atoms with Crippen molar-refractivity contribution in [3.63, 3.8) is 0 Å². The number of esters is 1. The van der Waals surface area contributed by atoms with Gasteiger partial charge in [0.2, 0.25) is 0 Å². The highest BCUT2D eigenvalue weighted by molar-refractivity contribution is 9.10. The molecule has 156 valence electrons. The van der Waals surface area contributed by atoms with Crippen LogP contribution in [0.15, 0.2) is 40.9 Å². The summed E-state index contributed by atoms with van der Waals surface area (Å²) in [6.45, 7) is 2.26. The second-order valence-corrected chi connectivity index (χ2v) is 7.15. The van der Waals surface area contributed by atoms with E-state index in [1.54, 1.807) is 25.2 Å². The zero-order chi connectivity index (χ0) is 21.4. The standard InChI is InChI=1S/C21H23BrFNO5/c1-4-8-28-20-17(22)10-15(11-18(20)27-3)21(26)29-13-19(25)24(2)12-14-6-5-7-16(23)9-14/h5-7,9-11H,4,8,12-13H2,1-3H3. The summed E-state index contributed by atoms with van der Waals surface area (Å²) in [5.41, 5.74) is 0.863. The lowest BCUT2D eigenvalue weighted by molar-refractivity contribution is -0.133. The van der Waals surface area contributed by atoms with Crippen LogP contribution in [0.25, 0.3) is 0 Å². The van der Waals surface area contributed by atoms with E-state index in [9.17, 15) is 14.0 Å². The summed E-state index contributed by atoms with van der Waals surface area (Å²) in [5, 5.41) is 0. The molecule has 0 aliphatic rings. The van der Waals surface area contributed by atoms with Crippen LogP contribution in [0, 0.1) is 5.82 Å². The minimum absolute atomic E-state index is 0.205. The topological polar surface area (TPSA) is 65.1 Å². The first-order valence-electron chi connectivity index (χ1n) is 9.01. The molecule has 0 aliphatic heterocycles. The van der Waals surface area contributed by atoms with E-state index in [-0.39, 0.29) is 17.9 Å². The van der Waals surface area contributed by atoms with Gasteiger partial charge in [-0.1, -0.05) is 19.1 Å². The van der Waals surface area contributed by atoms with E-state index in [0.29, 0.717) is 28.1 Å². The van der Waals surface area contributed by atoms with Crippen molar-refractivity contribution in [2.75, 3.05) is 27.4 Å². The third-order valence-corrected chi connectivity index (χ3v) is 4.57. The summed E-state index contributed by atoms with van der Waals surface area (Å²) in [6, 6.07) is 9.02. The van der Waals surface area contributed by atoms with Gasteiger partial charge in [-0.25, -0.2) is 9.18 Å². The highest BCUT2D eigenvalue weighted by atomic mass is 79.9. The second kappa shape index (κ2) is 10.8. The van der Waals surface area contributed by atoms with Gasteiger partial charge >= 0.3 is 5.97 Å². The summed E-state index contributed by atoms with van der Waals surface area (Å²) in [6.07, 6.45) is 0.824. The van der Waals surface area contributed by atoms with Crippen LogP contribution in [0.4, 0.5) is 4.39 Å². The molecule has 2 aromatic rings. The lowest BCUT2D eigenvalue weighted by atomic mass is 10.2. The van der Waals surface area contributed by atoms with E-state index in [2.05, 4.69) is 15.9 Å². The molecule has 0 N–H and O–H groups in total. The molecular formula is C21H23BrFNO5. The highest BCUT2D eigenvalue weighted by Gasteiger charge is 2.18. The van der Waals surface area contributed by atoms with Crippen molar-refractivity contribution < 1.29 is 28.2 Å². The van der Waals surface area contributed by atoms with Crippen molar-refractivity contribution in [1.29, 1.82) is 0 Å². The number of rotatable bonds is 9. The maximum Gasteiger partial charge on any atom is 0.338 e. The minimum Gasteiger partial charge on any atom is -0.493 e. The number of methoxy groups -OCH3 is 1. The Bertz CT molecular complexity index is 874. The number of hydrogen-bond acceptors (Lipinski definition) is 5. The van der Waals surface area contributed by atoms with E-state index >= 15 is 0 Å². The third kappa shape index (κ3) is 6.45. The lowest BCUT2D eigenvalue weighted by Gasteiger charge is -2.17. The van der Waals surface area contributed by atoms with E-state index in [0.717, 1.165) is 6.42 Å². The van der Waals surface area contributed by atoms with Crippen LogP contribution < -0.4 is 9.47 Å². The Labute approximate surface area is 177 Å².